The minimum absolute atomic E-state index is 0.0100. The molecule has 1 aliphatic rings. The average Bonchev–Trinajstić information content (AvgIpc) is 2.26. The van der Waals surface area contributed by atoms with Crippen molar-refractivity contribution >= 4 is 11.9 Å². The molecule has 0 aromatic heterocycles. The number of carbonyl (C=O) groups excluding carboxylic acids is 1. The van der Waals surface area contributed by atoms with Gasteiger partial charge in [-0.25, -0.2) is 0 Å². The Labute approximate surface area is 116 Å². The summed E-state index contributed by atoms with van der Waals surface area (Å²) in [6.07, 6.45) is 7.84. The lowest BCUT2D eigenvalue weighted by molar-refractivity contribution is -0.138. The van der Waals surface area contributed by atoms with E-state index >= 15 is 0 Å². The maximum atomic E-state index is 12.3. The first kappa shape index (κ1) is 16.0. The standard InChI is InChI=1S/C15H27NO3/c1-11(2)13(10-14(17)18)16-15(19)12-8-6-4-3-5-7-9-12/h11-13H,3-10H2,1-2H3,(H,16,19)(H,17,18). The third-order valence-electron chi connectivity index (χ3n) is 4.00. The number of amides is 1. The molecule has 1 aliphatic carbocycles. The molecule has 0 saturated heterocycles. The van der Waals surface area contributed by atoms with Crippen molar-refractivity contribution in [3.63, 3.8) is 0 Å². The number of carboxylic acids is 1. The van der Waals surface area contributed by atoms with Gasteiger partial charge in [-0.15, -0.1) is 0 Å². The molecule has 1 rings (SSSR count). The fourth-order valence-corrected chi connectivity index (χ4v) is 2.66. The third-order valence-corrected chi connectivity index (χ3v) is 4.00. The van der Waals surface area contributed by atoms with Crippen molar-refractivity contribution < 1.29 is 14.7 Å². The van der Waals surface area contributed by atoms with Crippen LogP contribution in [0.5, 0.6) is 0 Å². The minimum Gasteiger partial charge on any atom is -0.481 e. The van der Waals surface area contributed by atoms with Gasteiger partial charge in [-0.05, 0) is 18.8 Å². The van der Waals surface area contributed by atoms with E-state index in [2.05, 4.69) is 5.32 Å². The van der Waals surface area contributed by atoms with Gasteiger partial charge in [0.15, 0.2) is 0 Å². The number of hydrogen-bond acceptors (Lipinski definition) is 2. The maximum absolute atomic E-state index is 12.3. The van der Waals surface area contributed by atoms with Crippen molar-refractivity contribution in [3.8, 4) is 0 Å². The Hall–Kier alpha value is -1.06. The molecule has 1 unspecified atom stereocenters. The predicted octanol–water partition coefficient (Wildman–Crippen LogP) is 2.96. The molecule has 0 heterocycles. The van der Waals surface area contributed by atoms with E-state index in [9.17, 15) is 9.59 Å². The van der Waals surface area contributed by atoms with Crippen LogP contribution >= 0.6 is 0 Å². The Morgan fingerprint density at radius 2 is 1.63 bits per heavy atom. The summed E-state index contributed by atoms with van der Waals surface area (Å²) in [4.78, 5) is 23.1. The zero-order valence-electron chi connectivity index (χ0n) is 12.2. The summed E-state index contributed by atoms with van der Waals surface area (Å²) in [5.41, 5.74) is 0. The van der Waals surface area contributed by atoms with Crippen LogP contribution < -0.4 is 5.32 Å². The van der Waals surface area contributed by atoms with E-state index in [4.69, 9.17) is 5.11 Å². The van der Waals surface area contributed by atoms with Gasteiger partial charge >= 0.3 is 5.97 Å². The number of carboxylic acid groups (broad SMARTS) is 1. The van der Waals surface area contributed by atoms with Crippen LogP contribution in [0, 0.1) is 11.8 Å². The summed E-state index contributed by atoms with van der Waals surface area (Å²) < 4.78 is 0. The van der Waals surface area contributed by atoms with E-state index in [0.29, 0.717) is 0 Å². The Morgan fingerprint density at radius 1 is 1.11 bits per heavy atom. The molecule has 19 heavy (non-hydrogen) atoms. The van der Waals surface area contributed by atoms with Gasteiger partial charge in [0.05, 0.1) is 6.42 Å². The third kappa shape index (κ3) is 6.08. The molecule has 0 aliphatic heterocycles. The van der Waals surface area contributed by atoms with Gasteiger partial charge in [0.2, 0.25) is 5.91 Å². The summed E-state index contributed by atoms with van der Waals surface area (Å²) in [6.45, 7) is 3.90. The first-order valence-electron chi connectivity index (χ1n) is 7.53. The zero-order chi connectivity index (χ0) is 14.3. The molecule has 0 bridgehead atoms. The normalized spacial score (nSPS) is 19.5. The van der Waals surface area contributed by atoms with Crippen molar-refractivity contribution in [2.75, 3.05) is 0 Å². The topological polar surface area (TPSA) is 66.4 Å². The van der Waals surface area contributed by atoms with Gasteiger partial charge in [0.25, 0.3) is 0 Å². The monoisotopic (exact) mass is 269 g/mol. The number of hydrogen-bond donors (Lipinski definition) is 2. The number of carbonyl (C=O) groups is 2. The van der Waals surface area contributed by atoms with Crippen LogP contribution in [0.1, 0.15) is 65.2 Å². The second-order valence-electron chi connectivity index (χ2n) is 6.00. The molecule has 4 nitrogen and oxygen atoms in total. The Kier molecular flexibility index (Phi) is 6.89. The molecule has 110 valence electrons. The molecule has 1 fully saturated rings. The first-order valence-corrected chi connectivity index (χ1v) is 7.53. The number of nitrogens with one attached hydrogen (secondary N) is 1. The Bertz CT molecular complexity index is 294. The van der Waals surface area contributed by atoms with Crippen LogP contribution in [0.3, 0.4) is 0 Å². The molecule has 1 atom stereocenters. The molecule has 0 radical (unpaired) electrons. The lowest BCUT2D eigenvalue weighted by Crippen LogP contribution is -2.43. The molecule has 0 aromatic carbocycles. The summed E-state index contributed by atoms with van der Waals surface area (Å²) in [5, 5.41) is 11.8. The van der Waals surface area contributed by atoms with Gasteiger partial charge < -0.3 is 10.4 Å². The highest BCUT2D eigenvalue weighted by molar-refractivity contribution is 5.79. The Morgan fingerprint density at radius 3 is 2.11 bits per heavy atom. The highest BCUT2D eigenvalue weighted by Crippen LogP contribution is 2.23. The van der Waals surface area contributed by atoms with E-state index in [1.165, 1.54) is 19.3 Å². The van der Waals surface area contributed by atoms with Crippen molar-refractivity contribution in [3.05, 3.63) is 0 Å². The molecular formula is C15H27NO3. The smallest absolute Gasteiger partial charge is 0.305 e. The number of rotatable bonds is 5. The van der Waals surface area contributed by atoms with E-state index in [-0.39, 0.29) is 30.2 Å². The predicted molar refractivity (Wildman–Crippen MR) is 74.8 cm³/mol. The van der Waals surface area contributed by atoms with Gasteiger partial charge in [0.1, 0.15) is 0 Å². The fraction of sp³-hybridized carbons (Fsp3) is 0.867. The van der Waals surface area contributed by atoms with Crippen LogP contribution in [0.4, 0.5) is 0 Å². The van der Waals surface area contributed by atoms with Crippen LogP contribution in [0.25, 0.3) is 0 Å². The van der Waals surface area contributed by atoms with E-state index < -0.39 is 5.97 Å². The average molecular weight is 269 g/mol. The lowest BCUT2D eigenvalue weighted by Gasteiger charge is -2.25. The fourth-order valence-electron chi connectivity index (χ4n) is 2.66. The maximum Gasteiger partial charge on any atom is 0.305 e. The highest BCUT2D eigenvalue weighted by Gasteiger charge is 2.24. The van der Waals surface area contributed by atoms with Gasteiger partial charge in [-0.2, -0.15) is 0 Å². The Balaban J connectivity index is 2.51. The van der Waals surface area contributed by atoms with Crippen molar-refractivity contribution in [2.24, 2.45) is 11.8 Å². The van der Waals surface area contributed by atoms with Gasteiger partial charge in [-0.3, -0.25) is 9.59 Å². The summed E-state index contributed by atoms with van der Waals surface area (Å²) in [7, 11) is 0. The molecule has 0 aromatic rings. The number of aliphatic carboxylic acids is 1. The van der Waals surface area contributed by atoms with Crippen LogP contribution in [0.2, 0.25) is 0 Å². The molecule has 2 N–H and O–H groups in total. The quantitative estimate of drug-likeness (QED) is 0.806. The molecule has 1 amide bonds. The van der Waals surface area contributed by atoms with Gasteiger partial charge in [0, 0.05) is 12.0 Å². The summed E-state index contributed by atoms with van der Waals surface area (Å²) >= 11 is 0. The molecule has 4 heteroatoms. The van der Waals surface area contributed by atoms with E-state index in [1.807, 2.05) is 13.8 Å². The van der Waals surface area contributed by atoms with E-state index in [1.54, 1.807) is 0 Å². The largest absolute Gasteiger partial charge is 0.481 e. The van der Waals surface area contributed by atoms with Crippen molar-refractivity contribution in [2.45, 2.75) is 71.3 Å². The highest BCUT2D eigenvalue weighted by atomic mass is 16.4. The second-order valence-corrected chi connectivity index (χ2v) is 6.00. The van der Waals surface area contributed by atoms with Crippen molar-refractivity contribution in [1.29, 1.82) is 0 Å². The van der Waals surface area contributed by atoms with Crippen molar-refractivity contribution in [1.82, 2.24) is 5.32 Å². The van der Waals surface area contributed by atoms with Crippen LogP contribution in [0.15, 0.2) is 0 Å². The zero-order valence-corrected chi connectivity index (χ0v) is 12.2. The second kappa shape index (κ2) is 8.18. The van der Waals surface area contributed by atoms with E-state index in [0.717, 1.165) is 25.7 Å². The van der Waals surface area contributed by atoms with Gasteiger partial charge in [-0.1, -0.05) is 46.0 Å². The summed E-state index contributed by atoms with van der Waals surface area (Å²) in [5.74, 6) is -0.567. The van der Waals surface area contributed by atoms with Crippen LogP contribution in [-0.4, -0.2) is 23.0 Å². The molecule has 0 spiro atoms. The lowest BCUT2D eigenvalue weighted by atomic mass is 9.89. The molecule has 1 saturated carbocycles. The SMILES string of the molecule is CC(C)C(CC(=O)O)NC(=O)C1CCCCCCC1. The minimum atomic E-state index is -0.850. The first-order chi connectivity index (χ1) is 9.00. The molecular weight excluding hydrogens is 242 g/mol. The van der Waals surface area contributed by atoms with Crippen LogP contribution in [-0.2, 0) is 9.59 Å². The summed E-state index contributed by atoms with van der Waals surface area (Å²) in [6, 6.07) is -0.254.